The minimum absolute atomic E-state index is 0.105. The molecule has 0 amide bonds. The summed E-state index contributed by atoms with van der Waals surface area (Å²) in [6.45, 7) is 2.88. The Balaban J connectivity index is 1.73. The van der Waals surface area contributed by atoms with Gasteiger partial charge in [-0.2, -0.15) is 4.98 Å². The summed E-state index contributed by atoms with van der Waals surface area (Å²) >= 11 is 0. The highest BCUT2D eigenvalue weighted by Crippen LogP contribution is 2.23. The first-order valence-corrected chi connectivity index (χ1v) is 10.3. The number of nitrogens with one attached hydrogen (secondary N) is 1. The van der Waals surface area contributed by atoms with Gasteiger partial charge in [0.15, 0.2) is 5.76 Å². The van der Waals surface area contributed by atoms with Crippen LogP contribution in [0.1, 0.15) is 31.2 Å². The zero-order chi connectivity index (χ0) is 22.5. The van der Waals surface area contributed by atoms with Crippen LogP contribution in [0.4, 0.5) is 11.5 Å². The molecule has 0 bridgehead atoms. The predicted molar refractivity (Wildman–Crippen MR) is 119 cm³/mol. The Morgan fingerprint density at radius 2 is 1.94 bits per heavy atom. The molecule has 0 unspecified atom stereocenters. The summed E-state index contributed by atoms with van der Waals surface area (Å²) in [5, 5.41) is 3.95. The molecule has 0 aliphatic heterocycles. The number of H-pyrrole nitrogens is 1. The number of rotatable bonds is 9. The van der Waals surface area contributed by atoms with Gasteiger partial charge in [-0.1, -0.05) is 48.8 Å². The number of hydrogen-bond acceptors (Lipinski definition) is 8. The normalized spacial score (nSPS) is 11.0. The first-order chi connectivity index (χ1) is 15.6. The van der Waals surface area contributed by atoms with E-state index >= 15 is 0 Å². The van der Waals surface area contributed by atoms with E-state index in [-0.39, 0.29) is 23.9 Å². The monoisotopic (exact) mass is 436 g/mol. The Kier molecular flexibility index (Phi) is 6.20. The van der Waals surface area contributed by atoms with Gasteiger partial charge in [0.25, 0.3) is 5.56 Å². The largest absolute Gasteiger partial charge is 0.461 e. The number of anilines is 2. The summed E-state index contributed by atoms with van der Waals surface area (Å²) in [5.41, 5.74) is 6.37. The number of hydrogen-bond donors (Lipinski definition) is 2. The highest BCUT2D eigenvalue weighted by atomic mass is 16.5. The molecule has 4 aromatic rings. The Bertz CT molecular complexity index is 1270. The SMILES string of the molecule is CCCCn1c(N)c(N(Cc2ccccc2)Cc2nc(-c3ccco3)no2)c(=O)[nH]c1=O. The number of unbranched alkanes of at least 4 members (excludes halogenated alkanes) is 1. The fourth-order valence-electron chi connectivity index (χ4n) is 3.43. The van der Waals surface area contributed by atoms with Crippen molar-refractivity contribution in [2.75, 3.05) is 10.6 Å². The molecule has 0 aliphatic rings. The van der Waals surface area contributed by atoms with Crippen LogP contribution in [0.2, 0.25) is 0 Å². The van der Waals surface area contributed by atoms with Gasteiger partial charge < -0.3 is 19.6 Å². The van der Waals surface area contributed by atoms with Crippen molar-refractivity contribution in [3.63, 3.8) is 0 Å². The number of aromatic nitrogens is 4. The van der Waals surface area contributed by atoms with E-state index in [2.05, 4.69) is 15.1 Å². The average Bonchev–Trinajstić information content (AvgIpc) is 3.46. The van der Waals surface area contributed by atoms with Crippen molar-refractivity contribution in [2.24, 2.45) is 0 Å². The van der Waals surface area contributed by atoms with Gasteiger partial charge in [-0.05, 0) is 24.1 Å². The summed E-state index contributed by atoms with van der Waals surface area (Å²) in [4.78, 5) is 33.7. The molecule has 166 valence electrons. The number of nitrogens with two attached hydrogens (primary N) is 1. The van der Waals surface area contributed by atoms with E-state index in [1.165, 1.54) is 10.8 Å². The zero-order valence-electron chi connectivity index (χ0n) is 17.7. The maximum Gasteiger partial charge on any atom is 0.330 e. The molecular weight excluding hydrogens is 412 g/mol. The minimum atomic E-state index is -0.568. The molecule has 0 atom stereocenters. The average molecular weight is 436 g/mol. The van der Waals surface area contributed by atoms with Crippen LogP contribution >= 0.6 is 0 Å². The Hall–Kier alpha value is -4.08. The molecule has 10 nitrogen and oxygen atoms in total. The van der Waals surface area contributed by atoms with Crippen molar-refractivity contribution < 1.29 is 8.94 Å². The maximum absolute atomic E-state index is 12.8. The van der Waals surface area contributed by atoms with Crippen molar-refractivity contribution in [1.82, 2.24) is 19.7 Å². The second-order valence-corrected chi connectivity index (χ2v) is 7.33. The van der Waals surface area contributed by atoms with Crippen LogP contribution in [0.3, 0.4) is 0 Å². The molecule has 0 saturated carbocycles. The topological polar surface area (TPSA) is 136 Å². The lowest BCUT2D eigenvalue weighted by molar-refractivity contribution is 0.375. The van der Waals surface area contributed by atoms with Crippen LogP contribution in [0.5, 0.6) is 0 Å². The van der Waals surface area contributed by atoms with Crippen LogP contribution in [0.15, 0.2) is 67.3 Å². The van der Waals surface area contributed by atoms with Crippen LogP contribution in [-0.4, -0.2) is 19.7 Å². The van der Waals surface area contributed by atoms with E-state index < -0.39 is 11.2 Å². The lowest BCUT2D eigenvalue weighted by Crippen LogP contribution is -2.38. The standard InChI is InChI=1S/C22H24N6O4/c1-2-3-11-28-19(23)18(21(29)25-22(28)30)27(13-15-8-5-4-6-9-15)14-17-24-20(26-32-17)16-10-7-12-31-16/h4-10,12H,2-3,11,13-14,23H2,1H3,(H,25,29,30). The molecule has 32 heavy (non-hydrogen) atoms. The second-order valence-electron chi connectivity index (χ2n) is 7.33. The van der Waals surface area contributed by atoms with Crippen molar-refractivity contribution in [1.29, 1.82) is 0 Å². The minimum Gasteiger partial charge on any atom is -0.461 e. The van der Waals surface area contributed by atoms with E-state index in [0.717, 1.165) is 18.4 Å². The molecule has 0 radical (unpaired) electrons. The summed E-state index contributed by atoms with van der Waals surface area (Å²) < 4.78 is 12.1. The Labute approximate surface area is 183 Å². The molecule has 0 saturated heterocycles. The molecule has 0 fully saturated rings. The summed E-state index contributed by atoms with van der Waals surface area (Å²) in [6, 6.07) is 13.1. The second kappa shape index (κ2) is 9.38. The number of aromatic amines is 1. The first kappa shape index (κ1) is 21.2. The Morgan fingerprint density at radius 3 is 2.66 bits per heavy atom. The van der Waals surface area contributed by atoms with Gasteiger partial charge in [0.05, 0.1) is 12.8 Å². The molecule has 4 rings (SSSR count). The highest BCUT2D eigenvalue weighted by Gasteiger charge is 2.22. The van der Waals surface area contributed by atoms with E-state index in [1.54, 1.807) is 17.0 Å². The third-order valence-electron chi connectivity index (χ3n) is 5.02. The van der Waals surface area contributed by atoms with Crippen LogP contribution in [0, 0.1) is 0 Å². The van der Waals surface area contributed by atoms with Crippen molar-refractivity contribution in [2.45, 2.75) is 39.4 Å². The molecule has 3 aromatic heterocycles. The molecular formula is C22H24N6O4. The fraction of sp³-hybridized carbons (Fsp3) is 0.273. The van der Waals surface area contributed by atoms with Gasteiger partial charge in [0, 0.05) is 13.1 Å². The fourth-order valence-corrected chi connectivity index (χ4v) is 3.43. The molecule has 0 spiro atoms. The van der Waals surface area contributed by atoms with Crippen molar-refractivity contribution >= 4 is 11.5 Å². The van der Waals surface area contributed by atoms with Gasteiger partial charge in [-0.25, -0.2) is 4.79 Å². The maximum atomic E-state index is 12.8. The van der Waals surface area contributed by atoms with Gasteiger partial charge in [0.1, 0.15) is 11.5 Å². The van der Waals surface area contributed by atoms with Crippen LogP contribution in [-0.2, 0) is 19.6 Å². The number of furan rings is 1. The molecule has 3 heterocycles. The molecule has 1 aromatic carbocycles. The first-order valence-electron chi connectivity index (χ1n) is 10.3. The van der Waals surface area contributed by atoms with E-state index in [0.29, 0.717) is 24.7 Å². The van der Waals surface area contributed by atoms with E-state index in [9.17, 15) is 9.59 Å². The van der Waals surface area contributed by atoms with Gasteiger partial charge in [-0.15, -0.1) is 0 Å². The Morgan fingerprint density at radius 1 is 1.12 bits per heavy atom. The molecule has 10 heteroatoms. The lowest BCUT2D eigenvalue weighted by atomic mass is 10.2. The van der Waals surface area contributed by atoms with Gasteiger partial charge >= 0.3 is 5.69 Å². The number of nitrogens with zero attached hydrogens (tertiary/aromatic N) is 4. The number of nitrogen functional groups attached to an aromatic ring is 1. The zero-order valence-corrected chi connectivity index (χ0v) is 17.7. The lowest BCUT2D eigenvalue weighted by Gasteiger charge is -2.25. The predicted octanol–water partition coefficient (Wildman–Crippen LogP) is 2.77. The third-order valence-corrected chi connectivity index (χ3v) is 5.02. The van der Waals surface area contributed by atoms with Crippen molar-refractivity contribution in [3.8, 4) is 11.6 Å². The quantitative estimate of drug-likeness (QED) is 0.409. The summed E-state index contributed by atoms with van der Waals surface area (Å²) in [7, 11) is 0. The highest BCUT2D eigenvalue weighted by molar-refractivity contribution is 5.62. The van der Waals surface area contributed by atoms with Crippen LogP contribution < -0.4 is 21.9 Å². The van der Waals surface area contributed by atoms with Crippen LogP contribution in [0.25, 0.3) is 11.6 Å². The summed E-state index contributed by atoms with van der Waals surface area (Å²) in [6.07, 6.45) is 3.16. The van der Waals surface area contributed by atoms with E-state index in [4.69, 9.17) is 14.7 Å². The molecule has 0 aliphatic carbocycles. The van der Waals surface area contributed by atoms with Crippen molar-refractivity contribution in [3.05, 3.63) is 81.0 Å². The smallest absolute Gasteiger partial charge is 0.330 e. The van der Waals surface area contributed by atoms with Gasteiger partial charge in [0.2, 0.25) is 11.7 Å². The van der Waals surface area contributed by atoms with E-state index in [1.807, 2.05) is 37.3 Å². The third kappa shape index (κ3) is 4.48. The summed E-state index contributed by atoms with van der Waals surface area (Å²) in [5.74, 6) is 1.16. The number of benzene rings is 1. The molecule has 3 N–H and O–H groups in total. The van der Waals surface area contributed by atoms with Gasteiger partial charge in [-0.3, -0.25) is 14.3 Å².